The molecule has 3 aromatic carbocycles. The van der Waals surface area contributed by atoms with Crippen molar-refractivity contribution in [2.75, 3.05) is 13.7 Å². The molecule has 3 rings (SSSR count). The number of carbonyl (C=O) groups excluding carboxylic acids is 1. The van der Waals surface area contributed by atoms with E-state index in [1.54, 1.807) is 6.07 Å². The Labute approximate surface area is 232 Å². The van der Waals surface area contributed by atoms with Crippen LogP contribution >= 0.6 is 0 Å². The number of hydrogen-bond donors (Lipinski definition) is 1. The lowest BCUT2D eigenvalue weighted by atomic mass is 10.1. The Kier molecular flexibility index (Phi) is 12.2. The van der Waals surface area contributed by atoms with E-state index in [2.05, 4.69) is 50.0 Å². The zero-order valence-electron chi connectivity index (χ0n) is 23.4. The van der Waals surface area contributed by atoms with Gasteiger partial charge in [-0.05, 0) is 72.4 Å². The van der Waals surface area contributed by atoms with Crippen molar-refractivity contribution in [3.63, 3.8) is 0 Å². The molecule has 5 heteroatoms. The number of methoxy groups -OCH3 is 1. The van der Waals surface area contributed by atoms with Crippen molar-refractivity contribution in [2.45, 2.75) is 71.6 Å². The van der Waals surface area contributed by atoms with E-state index < -0.39 is 18.0 Å². The fraction of sp³-hybridized carbons (Fsp3) is 0.382. The Morgan fingerprint density at radius 3 is 2.10 bits per heavy atom. The fourth-order valence-electron chi connectivity index (χ4n) is 4.43. The summed E-state index contributed by atoms with van der Waals surface area (Å²) in [6, 6.07) is 20.5. The quantitative estimate of drug-likeness (QED) is 0.108. The van der Waals surface area contributed by atoms with Gasteiger partial charge in [-0.2, -0.15) is 0 Å². The van der Waals surface area contributed by atoms with E-state index in [1.165, 1.54) is 37.6 Å². The molecule has 206 valence electrons. The summed E-state index contributed by atoms with van der Waals surface area (Å²) in [6.45, 7) is 5.39. The molecule has 1 N–H and O–H groups in total. The molecule has 3 aromatic rings. The van der Waals surface area contributed by atoms with Crippen LogP contribution in [0, 0.1) is 17.7 Å². The average Bonchev–Trinajstić information content (AvgIpc) is 2.97. The van der Waals surface area contributed by atoms with E-state index >= 15 is 0 Å². The third-order valence-corrected chi connectivity index (χ3v) is 6.80. The van der Waals surface area contributed by atoms with Gasteiger partial charge in [-0.25, -0.2) is 9.18 Å². The van der Waals surface area contributed by atoms with Crippen LogP contribution in [0.25, 0.3) is 0 Å². The maximum absolute atomic E-state index is 14.2. The highest BCUT2D eigenvalue weighted by Gasteiger charge is 2.20. The van der Waals surface area contributed by atoms with Gasteiger partial charge < -0.3 is 9.84 Å². The minimum absolute atomic E-state index is 0.103. The molecule has 0 saturated carbocycles. The monoisotopic (exact) mass is 529 g/mol. The third-order valence-electron chi connectivity index (χ3n) is 6.80. The Bertz CT molecular complexity index is 1240. The SMILES string of the molecule is CCCCCCN(Cc1ccc(F)c(C(=O)OC)c1)C(O)c1ccc(C#Cc2ccc(CCCC)cc2)cc1. The van der Waals surface area contributed by atoms with Gasteiger partial charge in [0.25, 0.3) is 0 Å². The van der Waals surface area contributed by atoms with E-state index in [9.17, 15) is 14.3 Å². The fourth-order valence-corrected chi connectivity index (χ4v) is 4.43. The van der Waals surface area contributed by atoms with E-state index in [0.29, 0.717) is 13.1 Å². The zero-order valence-corrected chi connectivity index (χ0v) is 23.4. The molecule has 0 fully saturated rings. The first-order valence-electron chi connectivity index (χ1n) is 13.9. The highest BCUT2D eigenvalue weighted by Crippen LogP contribution is 2.23. The summed E-state index contributed by atoms with van der Waals surface area (Å²) in [6.07, 6.45) is 6.86. The van der Waals surface area contributed by atoms with Crippen LogP contribution < -0.4 is 0 Å². The van der Waals surface area contributed by atoms with Gasteiger partial charge in [-0.3, -0.25) is 4.90 Å². The van der Waals surface area contributed by atoms with Crippen LogP contribution in [0.15, 0.2) is 66.7 Å². The molecule has 0 amide bonds. The van der Waals surface area contributed by atoms with E-state index in [0.717, 1.165) is 54.4 Å². The normalized spacial score (nSPS) is 11.6. The number of halogens is 1. The molecule has 0 spiro atoms. The second kappa shape index (κ2) is 15.8. The van der Waals surface area contributed by atoms with Gasteiger partial charge in [-0.1, -0.05) is 81.7 Å². The van der Waals surface area contributed by atoms with Gasteiger partial charge >= 0.3 is 5.97 Å². The van der Waals surface area contributed by atoms with Crippen molar-refractivity contribution in [3.05, 3.63) is 106 Å². The van der Waals surface area contributed by atoms with E-state index in [4.69, 9.17) is 4.74 Å². The number of aliphatic hydroxyl groups is 1. The highest BCUT2D eigenvalue weighted by atomic mass is 19.1. The molecule has 0 aliphatic carbocycles. The lowest BCUT2D eigenvalue weighted by Crippen LogP contribution is -2.29. The van der Waals surface area contributed by atoms with Gasteiger partial charge in [0.2, 0.25) is 0 Å². The summed E-state index contributed by atoms with van der Waals surface area (Å²) in [4.78, 5) is 13.9. The minimum atomic E-state index is -0.851. The Morgan fingerprint density at radius 1 is 0.872 bits per heavy atom. The van der Waals surface area contributed by atoms with Crippen LogP contribution in [0.3, 0.4) is 0 Å². The maximum atomic E-state index is 14.2. The molecule has 1 atom stereocenters. The molecule has 4 nitrogen and oxygen atoms in total. The summed E-state index contributed by atoms with van der Waals surface area (Å²) in [7, 11) is 1.23. The number of hydrogen-bond acceptors (Lipinski definition) is 4. The molecule has 0 aromatic heterocycles. The predicted molar refractivity (Wildman–Crippen MR) is 155 cm³/mol. The first-order valence-corrected chi connectivity index (χ1v) is 13.9. The minimum Gasteiger partial charge on any atom is -0.465 e. The summed E-state index contributed by atoms with van der Waals surface area (Å²) in [5.74, 6) is 5.10. The molecule has 0 aliphatic rings. The average molecular weight is 530 g/mol. The van der Waals surface area contributed by atoms with Crippen LogP contribution in [0.2, 0.25) is 0 Å². The Hall–Kier alpha value is -3.46. The van der Waals surface area contributed by atoms with Crippen LogP contribution in [-0.4, -0.2) is 29.6 Å². The van der Waals surface area contributed by atoms with Crippen molar-refractivity contribution in [1.82, 2.24) is 4.90 Å². The van der Waals surface area contributed by atoms with Gasteiger partial charge in [0.1, 0.15) is 12.0 Å². The topological polar surface area (TPSA) is 49.8 Å². The lowest BCUT2D eigenvalue weighted by molar-refractivity contribution is -0.00557. The van der Waals surface area contributed by atoms with Gasteiger partial charge in [-0.15, -0.1) is 0 Å². The van der Waals surface area contributed by atoms with Crippen LogP contribution in [0.5, 0.6) is 0 Å². The van der Waals surface area contributed by atoms with E-state index in [-0.39, 0.29) is 5.56 Å². The summed E-state index contributed by atoms with van der Waals surface area (Å²) in [5.41, 5.74) is 4.57. The van der Waals surface area contributed by atoms with E-state index in [1.807, 2.05) is 29.2 Å². The molecule has 39 heavy (non-hydrogen) atoms. The number of aliphatic hydroxyl groups excluding tert-OH is 1. The van der Waals surface area contributed by atoms with Gasteiger partial charge in [0.15, 0.2) is 0 Å². The van der Waals surface area contributed by atoms with Crippen molar-refractivity contribution in [1.29, 1.82) is 0 Å². The maximum Gasteiger partial charge on any atom is 0.340 e. The van der Waals surface area contributed by atoms with Gasteiger partial charge in [0.05, 0.1) is 12.7 Å². The van der Waals surface area contributed by atoms with Crippen LogP contribution in [0.1, 0.15) is 96.8 Å². The summed E-state index contributed by atoms with van der Waals surface area (Å²) < 4.78 is 18.9. The number of carbonyl (C=O) groups is 1. The zero-order chi connectivity index (χ0) is 28.0. The first-order chi connectivity index (χ1) is 18.9. The molecule has 0 heterocycles. The molecule has 0 radical (unpaired) electrons. The first kappa shape index (κ1) is 30.1. The molecular weight excluding hydrogens is 489 g/mol. The molecule has 1 unspecified atom stereocenters. The largest absolute Gasteiger partial charge is 0.465 e. The molecule has 0 bridgehead atoms. The smallest absolute Gasteiger partial charge is 0.340 e. The third kappa shape index (κ3) is 9.35. The number of esters is 1. The number of aryl methyl sites for hydroxylation is 1. The second-order valence-corrected chi connectivity index (χ2v) is 9.88. The lowest BCUT2D eigenvalue weighted by Gasteiger charge is -2.28. The molecular formula is C34H40FNO3. The molecule has 0 aliphatic heterocycles. The number of ether oxygens (including phenoxy) is 1. The number of benzene rings is 3. The summed E-state index contributed by atoms with van der Waals surface area (Å²) >= 11 is 0. The Balaban J connectivity index is 1.73. The predicted octanol–water partition coefficient (Wildman–Crippen LogP) is 7.43. The highest BCUT2D eigenvalue weighted by molar-refractivity contribution is 5.89. The van der Waals surface area contributed by atoms with Crippen molar-refractivity contribution in [2.24, 2.45) is 0 Å². The molecule has 0 saturated heterocycles. The standard InChI is InChI=1S/C34H40FNO3/c1-4-6-8-9-23-36(25-29-19-22-32(35)31(24-29)34(38)39-3)33(37)30-20-17-28(18-21-30)16-15-27-13-11-26(12-14-27)10-7-5-2/h11-14,17-22,24,33,37H,4-10,23,25H2,1-3H3. The number of rotatable bonds is 13. The Morgan fingerprint density at radius 2 is 1.49 bits per heavy atom. The van der Waals surface area contributed by atoms with Crippen molar-refractivity contribution >= 4 is 5.97 Å². The van der Waals surface area contributed by atoms with Gasteiger partial charge in [0, 0.05) is 24.2 Å². The second-order valence-electron chi connectivity index (χ2n) is 9.88. The summed E-state index contributed by atoms with van der Waals surface area (Å²) in [5, 5.41) is 11.3. The number of unbranched alkanes of at least 4 members (excludes halogenated alkanes) is 4. The number of nitrogens with zero attached hydrogens (tertiary/aromatic N) is 1. The van der Waals surface area contributed by atoms with Crippen LogP contribution in [0.4, 0.5) is 4.39 Å². The van der Waals surface area contributed by atoms with Crippen LogP contribution in [-0.2, 0) is 17.7 Å². The van der Waals surface area contributed by atoms with Crippen molar-refractivity contribution in [3.8, 4) is 11.8 Å². The van der Waals surface area contributed by atoms with Crippen molar-refractivity contribution < 1.29 is 19.0 Å².